The fraction of sp³-hybridized carbons (Fsp3) is 0.316. The standard InChI is InChI=1S/C19H22N2O4/c1-13-16(20-19(25-13)18-5-4-10-24-18)11-21(2)17(12-22)14-6-8-15(23-3)9-7-14/h4-10,17,22H,11-12H2,1-3H3. The summed E-state index contributed by atoms with van der Waals surface area (Å²) < 4.78 is 16.2. The lowest BCUT2D eigenvalue weighted by atomic mass is 10.1. The topological polar surface area (TPSA) is 71.9 Å². The summed E-state index contributed by atoms with van der Waals surface area (Å²) in [5.74, 6) is 2.60. The second-order valence-electron chi connectivity index (χ2n) is 5.89. The number of rotatable bonds is 7. The van der Waals surface area contributed by atoms with E-state index in [0.29, 0.717) is 18.2 Å². The summed E-state index contributed by atoms with van der Waals surface area (Å²) >= 11 is 0. The lowest BCUT2D eigenvalue weighted by Crippen LogP contribution is -2.27. The number of nitrogens with zero attached hydrogens (tertiary/aromatic N) is 2. The molecule has 6 heteroatoms. The summed E-state index contributed by atoms with van der Waals surface area (Å²) in [4.78, 5) is 6.57. The van der Waals surface area contributed by atoms with Crippen LogP contribution in [0, 0.1) is 6.92 Å². The van der Waals surface area contributed by atoms with E-state index in [1.165, 1.54) is 0 Å². The molecule has 0 radical (unpaired) electrons. The molecule has 6 nitrogen and oxygen atoms in total. The maximum atomic E-state index is 9.85. The first-order chi connectivity index (χ1) is 12.1. The Morgan fingerprint density at radius 1 is 1.24 bits per heavy atom. The van der Waals surface area contributed by atoms with Gasteiger partial charge >= 0.3 is 0 Å². The van der Waals surface area contributed by atoms with E-state index < -0.39 is 0 Å². The third-order valence-electron chi connectivity index (χ3n) is 4.23. The fourth-order valence-corrected chi connectivity index (χ4v) is 2.75. The highest BCUT2D eigenvalue weighted by Crippen LogP contribution is 2.26. The molecule has 1 N–H and O–H groups in total. The number of aliphatic hydroxyl groups excluding tert-OH is 1. The number of likely N-dealkylation sites (N-methyl/N-ethyl adjacent to an activating group) is 1. The number of aliphatic hydroxyl groups is 1. The molecular formula is C19H22N2O4. The van der Waals surface area contributed by atoms with Crippen molar-refractivity contribution in [1.29, 1.82) is 0 Å². The van der Waals surface area contributed by atoms with Crippen molar-refractivity contribution in [2.45, 2.75) is 19.5 Å². The first-order valence-corrected chi connectivity index (χ1v) is 8.07. The molecule has 2 aromatic heterocycles. The molecule has 1 unspecified atom stereocenters. The van der Waals surface area contributed by atoms with Gasteiger partial charge in [-0.1, -0.05) is 12.1 Å². The zero-order valence-electron chi connectivity index (χ0n) is 14.6. The number of hydrogen-bond acceptors (Lipinski definition) is 6. The van der Waals surface area contributed by atoms with Gasteiger partial charge in [-0.05, 0) is 43.8 Å². The highest BCUT2D eigenvalue weighted by molar-refractivity contribution is 5.44. The van der Waals surface area contributed by atoms with Crippen LogP contribution >= 0.6 is 0 Å². The van der Waals surface area contributed by atoms with Crippen LogP contribution in [-0.4, -0.2) is 35.8 Å². The van der Waals surface area contributed by atoms with Crippen LogP contribution in [0.2, 0.25) is 0 Å². The van der Waals surface area contributed by atoms with Crippen molar-refractivity contribution >= 4 is 0 Å². The normalized spacial score (nSPS) is 12.5. The molecule has 1 atom stereocenters. The van der Waals surface area contributed by atoms with Crippen molar-refractivity contribution in [2.24, 2.45) is 0 Å². The molecule has 0 bridgehead atoms. The summed E-state index contributed by atoms with van der Waals surface area (Å²) in [5, 5.41) is 9.85. The number of furan rings is 1. The molecule has 0 saturated carbocycles. The van der Waals surface area contributed by atoms with E-state index in [-0.39, 0.29) is 12.6 Å². The molecule has 0 aliphatic heterocycles. The van der Waals surface area contributed by atoms with Crippen molar-refractivity contribution < 1.29 is 18.7 Å². The van der Waals surface area contributed by atoms with Crippen LogP contribution < -0.4 is 4.74 Å². The zero-order valence-corrected chi connectivity index (χ0v) is 14.6. The molecule has 0 fully saturated rings. The monoisotopic (exact) mass is 342 g/mol. The van der Waals surface area contributed by atoms with E-state index in [1.54, 1.807) is 19.4 Å². The van der Waals surface area contributed by atoms with Gasteiger partial charge in [0.2, 0.25) is 0 Å². The minimum Gasteiger partial charge on any atom is -0.497 e. The zero-order chi connectivity index (χ0) is 17.8. The highest BCUT2D eigenvalue weighted by atomic mass is 16.5. The molecule has 25 heavy (non-hydrogen) atoms. The van der Waals surface area contributed by atoms with E-state index in [4.69, 9.17) is 13.6 Å². The number of benzene rings is 1. The summed E-state index contributed by atoms with van der Waals surface area (Å²) in [6.07, 6.45) is 1.59. The molecule has 3 aromatic rings. The molecule has 2 heterocycles. The smallest absolute Gasteiger partial charge is 0.263 e. The van der Waals surface area contributed by atoms with Crippen LogP contribution in [0.5, 0.6) is 5.75 Å². The lowest BCUT2D eigenvalue weighted by molar-refractivity contribution is 0.141. The summed E-state index contributed by atoms with van der Waals surface area (Å²) in [6, 6.07) is 11.2. The van der Waals surface area contributed by atoms with Gasteiger partial charge < -0.3 is 18.7 Å². The third-order valence-corrected chi connectivity index (χ3v) is 4.23. The lowest BCUT2D eigenvalue weighted by Gasteiger charge is -2.26. The minimum atomic E-state index is -0.144. The van der Waals surface area contributed by atoms with Gasteiger partial charge in [-0.3, -0.25) is 4.90 Å². The summed E-state index contributed by atoms with van der Waals surface area (Å²) in [7, 11) is 3.58. The quantitative estimate of drug-likeness (QED) is 0.709. The maximum Gasteiger partial charge on any atom is 0.263 e. The number of hydrogen-bond donors (Lipinski definition) is 1. The van der Waals surface area contributed by atoms with Gasteiger partial charge in [0.1, 0.15) is 11.5 Å². The Labute approximate surface area is 146 Å². The fourth-order valence-electron chi connectivity index (χ4n) is 2.75. The van der Waals surface area contributed by atoms with E-state index >= 15 is 0 Å². The Balaban J connectivity index is 1.76. The highest BCUT2D eigenvalue weighted by Gasteiger charge is 2.20. The van der Waals surface area contributed by atoms with Gasteiger partial charge in [-0.15, -0.1) is 0 Å². The van der Waals surface area contributed by atoms with Crippen molar-refractivity contribution in [3.05, 3.63) is 59.7 Å². The van der Waals surface area contributed by atoms with Crippen LogP contribution in [-0.2, 0) is 6.54 Å². The van der Waals surface area contributed by atoms with Gasteiger partial charge in [-0.2, -0.15) is 0 Å². The van der Waals surface area contributed by atoms with Gasteiger partial charge in [0.05, 0.1) is 31.7 Å². The number of aromatic nitrogens is 1. The summed E-state index contributed by atoms with van der Waals surface area (Å²) in [5.41, 5.74) is 1.83. The van der Waals surface area contributed by atoms with Crippen LogP contribution in [0.25, 0.3) is 11.7 Å². The van der Waals surface area contributed by atoms with Gasteiger partial charge in [0.25, 0.3) is 5.89 Å². The van der Waals surface area contributed by atoms with Crippen LogP contribution in [0.3, 0.4) is 0 Å². The van der Waals surface area contributed by atoms with Gasteiger partial charge in [-0.25, -0.2) is 4.98 Å². The molecule has 0 amide bonds. The number of aryl methyl sites for hydroxylation is 1. The average Bonchev–Trinajstić information content (AvgIpc) is 3.27. The van der Waals surface area contributed by atoms with Crippen LogP contribution in [0.1, 0.15) is 23.1 Å². The Morgan fingerprint density at radius 2 is 2.00 bits per heavy atom. The molecule has 0 saturated heterocycles. The van der Waals surface area contributed by atoms with Crippen molar-refractivity contribution in [1.82, 2.24) is 9.88 Å². The molecule has 132 valence electrons. The minimum absolute atomic E-state index is 0.00473. The van der Waals surface area contributed by atoms with Gasteiger partial charge in [0, 0.05) is 6.54 Å². The average molecular weight is 342 g/mol. The Morgan fingerprint density at radius 3 is 2.60 bits per heavy atom. The predicted molar refractivity (Wildman–Crippen MR) is 93.2 cm³/mol. The number of oxazole rings is 1. The van der Waals surface area contributed by atoms with Crippen molar-refractivity contribution in [3.63, 3.8) is 0 Å². The number of methoxy groups -OCH3 is 1. The molecule has 0 spiro atoms. The van der Waals surface area contributed by atoms with E-state index in [0.717, 1.165) is 22.8 Å². The predicted octanol–water partition coefficient (Wildman–Crippen LogP) is 3.42. The third kappa shape index (κ3) is 3.75. The first-order valence-electron chi connectivity index (χ1n) is 8.07. The first kappa shape index (κ1) is 17.3. The van der Waals surface area contributed by atoms with Crippen molar-refractivity contribution in [2.75, 3.05) is 20.8 Å². The van der Waals surface area contributed by atoms with Crippen LogP contribution in [0.4, 0.5) is 0 Å². The number of ether oxygens (including phenoxy) is 1. The van der Waals surface area contributed by atoms with Crippen molar-refractivity contribution in [3.8, 4) is 17.4 Å². The molecule has 0 aliphatic carbocycles. The molecule has 0 aliphatic rings. The second kappa shape index (κ2) is 7.55. The largest absolute Gasteiger partial charge is 0.497 e. The van der Waals surface area contributed by atoms with E-state index in [2.05, 4.69) is 4.98 Å². The van der Waals surface area contributed by atoms with Gasteiger partial charge in [0.15, 0.2) is 5.76 Å². The van der Waals surface area contributed by atoms with Crippen LogP contribution in [0.15, 0.2) is 51.5 Å². The Kier molecular flexibility index (Phi) is 5.21. The molecule has 1 aromatic carbocycles. The SMILES string of the molecule is COc1ccc(C(CO)N(C)Cc2nc(-c3ccco3)oc2C)cc1. The maximum absolute atomic E-state index is 9.85. The van der Waals surface area contributed by atoms with E-state index in [1.807, 2.05) is 49.2 Å². The molecular weight excluding hydrogens is 320 g/mol. The second-order valence-corrected chi connectivity index (χ2v) is 5.89. The molecule has 3 rings (SSSR count). The summed E-state index contributed by atoms with van der Waals surface area (Å²) in [6.45, 7) is 2.43. The Hall–Kier alpha value is -2.57. The van der Waals surface area contributed by atoms with E-state index in [9.17, 15) is 5.11 Å². The Bertz CT molecular complexity index is 793.